The first-order valence-electron chi connectivity index (χ1n) is 9.04. The summed E-state index contributed by atoms with van der Waals surface area (Å²) in [6.07, 6.45) is 2.49. The van der Waals surface area contributed by atoms with E-state index < -0.39 is 0 Å². The van der Waals surface area contributed by atoms with Crippen molar-refractivity contribution in [1.29, 1.82) is 0 Å². The predicted molar refractivity (Wildman–Crippen MR) is 105 cm³/mol. The molecule has 0 saturated carbocycles. The highest BCUT2D eigenvalue weighted by molar-refractivity contribution is 6.09. The minimum Gasteiger partial charge on any atom is -0.355 e. The number of benzene rings is 2. The number of aryl methyl sites for hydroxylation is 1. The van der Waals surface area contributed by atoms with Crippen molar-refractivity contribution in [3.63, 3.8) is 0 Å². The Bertz CT molecular complexity index is 875. The number of carbonyl (C=O) groups excluding carboxylic acids is 3. The maximum Gasteiger partial charge on any atom is 0.255 e. The molecule has 1 aliphatic rings. The third kappa shape index (κ3) is 4.00. The van der Waals surface area contributed by atoms with Crippen LogP contribution in [0.5, 0.6) is 0 Å². The molecule has 6 heteroatoms. The molecule has 2 aromatic rings. The second-order valence-electron chi connectivity index (χ2n) is 6.58. The lowest BCUT2D eigenvalue weighted by Crippen LogP contribution is -2.35. The summed E-state index contributed by atoms with van der Waals surface area (Å²) in [5, 5.41) is 5.41. The zero-order valence-electron chi connectivity index (χ0n) is 15.5. The molecular formula is C21H23N3O3. The van der Waals surface area contributed by atoms with Gasteiger partial charge in [0.05, 0.1) is 11.3 Å². The molecule has 3 amide bonds. The number of piperidine rings is 1. The molecule has 27 heavy (non-hydrogen) atoms. The van der Waals surface area contributed by atoms with E-state index in [2.05, 4.69) is 10.6 Å². The minimum atomic E-state index is -0.303. The van der Waals surface area contributed by atoms with E-state index in [4.69, 9.17) is 0 Å². The Morgan fingerprint density at radius 1 is 1.00 bits per heavy atom. The highest BCUT2D eigenvalue weighted by Crippen LogP contribution is 2.23. The molecule has 0 spiro atoms. The van der Waals surface area contributed by atoms with Crippen LogP contribution >= 0.6 is 0 Å². The Morgan fingerprint density at radius 2 is 1.74 bits per heavy atom. The highest BCUT2D eigenvalue weighted by Gasteiger charge is 2.20. The highest BCUT2D eigenvalue weighted by atomic mass is 16.2. The Balaban J connectivity index is 1.78. The maximum absolute atomic E-state index is 12.6. The van der Waals surface area contributed by atoms with Gasteiger partial charge in [0.15, 0.2) is 0 Å². The van der Waals surface area contributed by atoms with Gasteiger partial charge >= 0.3 is 0 Å². The first-order valence-corrected chi connectivity index (χ1v) is 9.04. The second-order valence-corrected chi connectivity index (χ2v) is 6.58. The standard InChI is InChI=1S/C21H23N3O3/c1-14-6-5-7-17(19(14)21(27)22-2)23-20(26)15-9-11-16(12-10-15)24-13-4-3-8-18(24)25/h5-7,9-12H,3-4,8,13H2,1-2H3,(H,22,27)(H,23,26). The molecule has 140 valence electrons. The molecule has 2 aromatic carbocycles. The van der Waals surface area contributed by atoms with Crippen LogP contribution in [0.25, 0.3) is 0 Å². The van der Waals surface area contributed by atoms with Crippen LogP contribution < -0.4 is 15.5 Å². The molecule has 0 radical (unpaired) electrons. The normalized spacial score (nSPS) is 14.0. The lowest BCUT2D eigenvalue weighted by molar-refractivity contribution is -0.119. The van der Waals surface area contributed by atoms with Crippen molar-refractivity contribution in [3.8, 4) is 0 Å². The Morgan fingerprint density at radius 3 is 2.41 bits per heavy atom. The molecular weight excluding hydrogens is 342 g/mol. The molecule has 1 heterocycles. The van der Waals surface area contributed by atoms with Gasteiger partial charge in [0.2, 0.25) is 5.91 Å². The van der Waals surface area contributed by atoms with E-state index in [1.54, 1.807) is 48.3 Å². The fourth-order valence-electron chi connectivity index (χ4n) is 3.26. The molecule has 0 bridgehead atoms. The van der Waals surface area contributed by atoms with Crippen molar-refractivity contribution in [3.05, 3.63) is 59.2 Å². The van der Waals surface area contributed by atoms with Gasteiger partial charge in [0, 0.05) is 31.3 Å². The summed E-state index contributed by atoms with van der Waals surface area (Å²) in [6, 6.07) is 12.3. The zero-order valence-corrected chi connectivity index (χ0v) is 15.5. The number of amides is 3. The van der Waals surface area contributed by atoms with Gasteiger partial charge in [-0.25, -0.2) is 0 Å². The average molecular weight is 365 g/mol. The number of carbonyl (C=O) groups is 3. The molecule has 2 N–H and O–H groups in total. The lowest BCUT2D eigenvalue weighted by atomic mass is 10.0. The Labute approximate surface area is 158 Å². The van der Waals surface area contributed by atoms with Gasteiger partial charge in [0.25, 0.3) is 11.8 Å². The number of nitrogens with zero attached hydrogens (tertiary/aromatic N) is 1. The number of hydrogen-bond acceptors (Lipinski definition) is 3. The molecule has 1 saturated heterocycles. The first kappa shape index (κ1) is 18.6. The molecule has 0 unspecified atom stereocenters. The van der Waals surface area contributed by atoms with Crippen molar-refractivity contribution in [2.24, 2.45) is 0 Å². The van der Waals surface area contributed by atoms with Crippen LogP contribution in [-0.4, -0.2) is 31.3 Å². The maximum atomic E-state index is 12.6. The van der Waals surface area contributed by atoms with Gasteiger partial charge in [-0.3, -0.25) is 14.4 Å². The van der Waals surface area contributed by atoms with E-state index >= 15 is 0 Å². The smallest absolute Gasteiger partial charge is 0.255 e. The van der Waals surface area contributed by atoms with Crippen molar-refractivity contribution in [1.82, 2.24) is 5.32 Å². The van der Waals surface area contributed by atoms with Gasteiger partial charge in [-0.05, 0) is 55.7 Å². The average Bonchev–Trinajstić information content (AvgIpc) is 2.68. The molecule has 0 atom stereocenters. The number of rotatable bonds is 4. The van der Waals surface area contributed by atoms with Crippen LogP contribution in [0, 0.1) is 6.92 Å². The summed E-state index contributed by atoms with van der Waals surface area (Å²) in [4.78, 5) is 38.5. The first-order chi connectivity index (χ1) is 13.0. The van der Waals surface area contributed by atoms with Crippen molar-refractivity contribution in [2.45, 2.75) is 26.2 Å². The number of nitrogens with one attached hydrogen (secondary N) is 2. The van der Waals surface area contributed by atoms with Crippen molar-refractivity contribution < 1.29 is 14.4 Å². The molecule has 1 fully saturated rings. The van der Waals surface area contributed by atoms with Crippen molar-refractivity contribution in [2.75, 3.05) is 23.8 Å². The van der Waals surface area contributed by atoms with Gasteiger partial charge in [-0.15, -0.1) is 0 Å². The summed E-state index contributed by atoms with van der Waals surface area (Å²) < 4.78 is 0. The van der Waals surface area contributed by atoms with E-state index in [9.17, 15) is 14.4 Å². The van der Waals surface area contributed by atoms with E-state index in [1.807, 2.05) is 13.0 Å². The van der Waals surface area contributed by atoms with E-state index in [1.165, 1.54) is 0 Å². The minimum absolute atomic E-state index is 0.119. The van der Waals surface area contributed by atoms with Gasteiger partial charge in [0.1, 0.15) is 0 Å². The molecule has 6 nitrogen and oxygen atoms in total. The van der Waals surface area contributed by atoms with Crippen LogP contribution in [0.4, 0.5) is 11.4 Å². The summed E-state index contributed by atoms with van der Waals surface area (Å²) in [5.41, 5.74) is 2.97. The third-order valence-electron chi connectivity index (χ3n) is 4.74. The number of anilines is 2. The summed E-state index contributed by atoms with van der Waals surface area (Å²) in [5.74, 6) is -0.432. The summed E-state index contributed by atoms with van der Waals surface area (Å²) >= 11 is 0. The molecule has 0 aliphatic carbocycles. The van der Waals surface area contributed by atoms with Gasteiger partial charge in [-0.2, -0.15) is 0 Å². The molecule has 3 rings (SSSR count). The van der Waals surface area contributed by atoms with E-state index in [0.717, 1.165) is 24.1 Å². The Kier molecular flexibility index (Phi) is 5.54. The lowest BCUT2D eigenvalue weighted by Gasteiger charge is -2.26. The van der Waals surface area contributed by atoms with Gasteiger partial charge in [-0.1, -0.05) is 12.1 Å². The van der Waals surface area contributed by atoms with Crippen LogP contribution in [0.2, 0.25) is 0 Å². The topological polar surface area (TPSA) is 78.5 Å². The Hall–Kier alpha value is -3.15. The largest absolute Gasteiger partial charge is 0.355 e. The monoisotopic (exact) mass is 365 g/mol. The quantitative estimate of drug-likeness (QED) is 0.874. The van der Waals surface area contributed by atoms with Crippen LogP contribution in [0.15, 0.2) is 42.5 Å². The third-order valence-corrected chi connectivity index (χ3v) is 4.74. The SMILES string of the molecule is CNC(=O)c1c(C)cccc1NC(=O)c1ccc(N2CCCCC2=O)cc1. The van der Waals surface area contributed by atoms with Crippen LogP contribution in [0.3, 0.4) is 0 Å². The zero-order chi connectivity index (χ0) is 19.4. The number of hydrogen-bond donors (Lipinski definition) is 2. The molecule has 1 aliphatic heterocycles. The van der Waals surface area contributed by atoms with Crippen molar-refractivity contribution >= 4 is 29.1 Å². The van der Waals surface area contributed by atoms with E-state index in [0.29, 0.717) is 29.8 Å². The second kappa shape index (κ2) is 8.03. The van der Waals surface area contributed by atoms with E-state index in [-0.39, 0.29) is 17.7 Å². The fraction of sp³-hybridized carbons (Fsp3) is 0.286. The summed E-state index contributed by atoms with van der Waals surface area (Å²) in [7, 11) is 1.56. The van der Waals surface area contributed by atoms with Crippen LogP contribution in [0.1, 0.15) is 45.5 Å². The molecule has 0 aromatic heterocycles. The predicted octanol–water partition coefficient (Wildman–Crippen LogP) is 3.12. The van der Waals surface area contributed by atoms with Crippen LogP contribution in [-0.2, 0) is 4.79 Å². The van der Waals surface area contributed by atoms with Gasteiger partial charge < -0.3 is 15.5 Å². The summed E-state index contributed by atoms with van der Waals surface area (Å²) in [6.45, 7) is 2.54. The fourth-order valence-corrected chi connectivity index (χ4v) is 3.26.